The molecule has 3 rings (SSSR count). The van der Waals surface area contributed by atoms with Crippen LogP contribution in [0.1, 0.15) is 44.1 Å². The number of nitrogens with two attached hydrogens (primary N) is 1. The minimum Gasteiger partial charge on any atom is -0.438 e. The SMILES string of the molecule is Cc1cc(Cl)cc2nc(C3(N)CCC(C)CC3)oc12. The van der Waals surface area contributed by atoms with Crippen molar-refractivity contribution in [2.45, 2.75) is 45.1 Å². The smallest absolute Gasteiger partial charge is 0.215 e. The molecular weight excluding hydrogens is 260 g/mol. The van der Waals surface area contributed by atoms with E-state index in [-0.39, 0.29) is 0 Å². The zero-order valence-electron chi connectivity index (χ0n) is 11.4. The lowest BCUT2D eigenvalue weighted by atomic mass is 9.78. The van der Waals surface area contributed by atoms with Gasteiger partial charge < -0.3 is 10.2 Å². The average Bonchev–Trinajstić information content (AvgIpc) is 2.78. The Hall–Kier alpha value is -1.06. The van der Waals surface area contributed by atoms with Gasteiger partial charge in [0.25, 0.3) is 0 Å². The normalized spacial score (nSPS) is 27.9. The van der Waals surface area contributed by atoms with Crippen molar-refractivity contribution in [3.63, 3.8) is 0 Å². The van der Waals surface area contributed by atoms with E-state index in [1.165, 1.54) is 0 Å². The van der Waals surface area contributed by atoms with Gasteiger partial charge in [-0.05, 0) is 56.2 Å². The van der Waals surface area contributed by atoms with Crippen molar-refractivity contribution in [1.82, 2.24) is 4.98 Å². The van der Waals surface area contributed by atoms with Gasteiger partial charge in [0.2, 0.25) is 5.89 Å². The van der Waals surface area contributed by atoms with E-state index < -0.39 is 5.54 Å². The first-order valence-electron chi connectivity index (χ1n) is 6.84. The van der Waals surface area contributed by atoms with Crippen LogP contribution in [0.4, 0.5) is 0 Å². The molecule has 0 aliphatic heterocycles. The van der Waals surface area contributed by atoms with Crippen LogP contribution in [0.15, 0.2) is 16.5 Å². The second-order valence-electron chi connectivity index (χ2n) is 5.93. The molecule has 1 heterocycles. The van der Waals surface area contributed by atoms with E-state index in [4.69, 9.17) is 21.8 Å². The summed E-state index contributed by atoms with van der Waals surface area (Å²) in [4.78, 5) is 4.58. The number of oxazole rings is 1. The molecule has 2 aromatic rings. The van der Waals surface area contributed by atoms with Crippen molar-refractivity contribution in [2.24, 2.45) is 11.7 Å². The molecule has 0 atom stereocenters. The number of hydrogen-bond donors (Lipinski definition) is 1. The molecule has 1 aromatic heterocycles. The van der Waals surface area contributed by atoms with E-state index in [9.17, 15) is 0 Å². The summed E-state index contributed by atoms with van der Waals surface area (Å²) < 4.78 is 5.94. The predicted molar refractivity (Wildman–Crippen MR) is 77.3 cm³/mol. The molecule has 3 nitrogen and oxygen atoms in total. The molecule has 19 heavy (non-hydrogen) atoms. The quantitative estimate of drug-likeness (QED) is 0.852. The third kappa shape index (κ3) is 2.26. The Balaban J connectivity index is 2.04. The van der Waals surface area contributed by atoms with Gasteiger partial charge in [-0.1, -0.05) is 18.5 Å². The van der Waals surface area contributed by atoms with Gasteiger partial charge in [-0.3, -0.25) is 0 Å². The number of aryl methyl sites for hydroxylation is 1. The second-order valence-corrected chi connectivity index (χ2v) is 6.37. The lowest BCUT2D eigenvalue weighted by Crippen LogP contribution is -2.40. The molecule has 0 saturated heterocycles. The molecular formula is C15H19ClN2O. The number of aromatic nitrogens is 1. The molecule has 0 bridgehead atoms. The van der Waals surface area contributed by atoms with Gasteiger partial charge in [-0.2, -0.15) is 0 Å². The highest BCUT2D eigenvalue weighted by Crippen LogP contribution is 2.38. The zero-order valence-corrected chi connectivity index (χ0v) is 12.1. The molecule has 1 fully saturated rings. The molecule has 0 amide bonds. The summed E-state index contributed by atoms with van der Waals surface area (Å²) in [6, 6.07) is 3.73. The summed E-state index contributed by atoms with van der Waals surface area (Å²) in [5.74, 6) is 1.41. The molecule has 1 aliphatic carbocycles. The number of halogens is 1. The van der Waals surface area contributed by atoms with E-state index in [0.29, 0.717) is 10.9 Å². The molecule has 4 heteroatoms. The predicted octanol–water partition coefficient (Wildman–Crippen LogP) is 4.15. The van der Waals surface area contributed by atoms with Crippen LogP contribution in [-0.4, -0.2) is 4.98 Å². The summed E-state index contributed by atoms with van der Waals surface area (Å²) in [5.41, 5.74) is 8.72. The molecule has 1 saturated carbocycles. The zero-order chi connectivity index (χ0) is 13.6. The maximum Gasteiger partial charge on any atom is 0.215 e. The Morgan fingerprint density at radius 3 is 2.74 bits per heavy atom. The van der Waals surface area contributed by atoms with Crippen molar-refractivity contribution in [3.8, 4) is 0 Å². The van der Waals surface area contributed by atoms with Crippen LogP contribution in [0.25, 0.3) is 11.1 Å². The Morgan fingerprint density at radius 1 is 1.37 bits per heavy atom. The molecule has 1 aliphatic rings. The highest BCUT2D eigenvalue weighted by molar-refractivity contribution is 6.31. The van der Waals surface area contributed by atoms with Gasteiger partial charge in [0.15, 0.2) is 5.58 Å². The third-order valence-corrected chi connectivity index (χ3v) is 4.45. The summed E-state index contributed by atoms with van der Waals surface area (Å²) in [5, 5.41) is 0.688. The van der Waals surface area contributed by atoms with E-state index in [1.54, 1.807) is 0 Å². The van der Waals surface area contributed by atoms with Gasteiger partial charge in [0, 0.05) is 5.02 Å². The fourth-order valence-electron chi connectivity index (χ4n) is 2.86. The molecule has 1 aromatic carbocycles. The minimum absolute atomic E-state index is 0.412. The van der Waals surface area contributed by atoms with Crippen molar-refractivity contribution in [2.75, 3.05) is 0 Å². The van der Waals surface area contributed by atoms with Crippen LogP contribution in [0.3, 0.4) is 0 Å². The number of hydrogen-bond acceptors (Lipinski definition) is 3. The second kappa shape index (κ2) is 4.50. The summed E-state index contributed by atoms with van der Waals surface area (Å²) in [7, 11) is 0. The Labute approximate surface area is 118 Å². The minimum atomic E-state index is -0.412. The number of rotatable bonds is 1. The van der Waals surface area contributed by atoms with Crippen molar-refractivity contribution in [1.29, 1.82) is 0 Å². The highest BCUT2D eigenvalue weighted by atomic mass is 35.5. The monoisotopic (exact) mass is 278 g/mol. The lowest BCUT2D eigenvalue weighted by molar-refractivity contribution is 0.209. The van der Waals surface area contributed by atoms with Crippen molar-refractivity contribution in [3.05, 3.63) is 28.6 Å². The van der Waals surface area contributed by atoms with Crippen LogP contribution in [-0.2, 0) is 5.54 Å². The topological polar surface area (TPSA) is 52.0 Å². The molecule has 2 N–H and O–H groups in total. The van der Waals surface area contributed by atoms with E-state index in [1.807, 2.05) is 19.1 Å². The Morgan fingerprint density at radius 2 is 2.05 bits per heavy atom. The summed E-state index contributed by atoms with van der Waals surface area (Å²) >= 11 is 6.06. The molecule has 0 spiro atoms. The van der Waals surface area contributed by atoms with Crippen LogP contribution < -0.4 is 5.73 Å². The van der Waals surface area contributed by atoms with Gasteiger partial charge in [0.1, 0.15) is 5.52 Å². The van der Waals surface area contributed by atoms with E-state index in [0.717, 1.165) is 48.3 Å². The van der Waals surface area contributed by atoms with Gasteiger partial charge in [0.05, 0.1) is 5.54 Å². The van der Waals surface area contributed by atoms with E-state index >= 15 is 0 Å². The third-order valence-electron chi connectivity index (χ3n) is 4.23. The molecule has 102 valence electrons. The summed E-state index contributed by atoms with van der Waals surface area (Å²) in [6.07, 6.45) is 4.14. The first kappa shape index (κ1) is 12.9. The van der Waals surface area contributed by atoms with Crippen molar-refractivity contribution >= 4 is 22.7 Å². The lowest BCUT2D eigenvalue weighted by Gasteiger charge is -2.33. The average molecular weight is 279 g/mol. The highest BCUT2D eigenvalue weighted by Gasteiger charge is 2.36. The number of fused-ring (bicyclic) bond motifs is 1. The maximum absolute atomic E-state index is 6.51. The largest absolute Gasteiger partial charge is 0.438 e. The van der Waals surface area contributed by atoms with Crippen LogP contribution >= 0.6 is 11.6 Å². The Kier molecular flexibility index (Phi) is 3.06. The Bertz CT molecular complexity index is 612. The standard InChI is InChI=1S/C15H19ClN2O/c1-9-3-5-15(17,6-4-9)14-18-12-8-11(16)7-10(2)13(12)19-14/h7-9H,3-6,17H2,1-2H3. The van der Waals surface area contributed by atoms with Gasteiger partial charge in [-0.15, -0.1) is 0 Å². The summed E-state index contributed by atoms with van der Waals surface area (Å²) in [6.45, 7) is 4.25. The van der Waals surface area contributed by atoms with Crippen LogP contribution in [0.2, 0.25) is 5.02 Å². The van der Waals surface area contributed by atoms with Gasteiger partial charge >= 0.3 is 0 Å². The first-order valence-corrected chi connectivity index (χ1v) is 7.22. The van der Waals surface area contributed by atoms with Crippen LogP contribution in [0, 0.1) is 12.8 Å². The molecule has 0 radical (unpaired) electrons. The van der Waals surface area contributed by atoms with E-state index in [2.05, 4.69) is 11.9 Å². The first-order chi connectivity index (χ1) is 8.98. The maximum atomic E-state index is 6.51. The van der Waals surface area contributed by atoms with Gasteiger partial charge in [-0.25, -0.2) is 4.98 Å². The molecule has 0 unspecified atom stereocenters. The number of nitrogens with zero attached hydrogens (tertiary/aromatic N) is 1. The fourth-order valence-corrected chi connectivity index (χ4v) is 3.13. The fraction of sp³-hybridized carbons (Fsp3) is 0.533. The number of benzene rings is 1. The van der Waals surface area contributed by atoms with Crippen LogP contribution in [0.5, 0.6) is 0 Å². The van der Waals surface area contributed by atoms with Crippen molar-refractivity contribution < 1.29 is 4.42 Å².